The van der Waals surface area contributed by atoms with Crippen molar-refractivity contribution in [2.45, 2.75) is 19.0 Å². The van der Waals surface area contributed by atoms with Crippen molar-refractivity contribution in [3.63, 3.8) is 0 Å². The molecule has 21 heavy (non-hydrogen) atoms. The van der Waals surface area contributed by atoms with Gasteiger partial charge in [0.1, 0.15) is 11.5 Å². The highest BCUT2D eigenvalue weighted by molar-refractivity contribution is 7.99. The lowest BCUT2D eigenvalue weighted by atomic mass is 10.2. The van der Waals surface area contributed by atoms with Crippen molar-refractivity contribution in [2.75, 3.05) is 11.1 Å². The largest absolute Gasteiger partial charge is 0.323 e. The van der Waals surface area contributed by atoms with Crippen LogP contribution in [0.25, 0.3) is 0 Å². The minimum Gasteiger partial charge on any atom is -0.323 e. The number of H-pyrrole nitrogens is 1. The Labute approximate surface area is 124 Å². The van der Waals surface area contributed by atoms with Gasteiger partial charge in [0.05, 0.1) is 11.4 Å². The Morgan fingerprint density at radius 2 is 2.14 bits per heavy atom. The average molecular weight is 308 g/mol. The minimum absolute atomic E-state index is 0.0129. The number of halogens is 1. The quantitative estimate of drug-likeness (QED) is 0.839. The van der Waals surface area contributed by atoms with E-state index < -0.39 is 11.7 Å². The molecule has 0 aliphatic rings. The van der Waals surface area contributed by atoms with E-state index in [2.05, 4.69) is 20.5 Å². The third kappa shape index (κ3) is 4.12. The molecule has 110 valence electrons. The molecule has 0 aliphatic heterocycles. The summed E-state index contributed by atoms with van der Waals surface area (Å²) in [6.07, 6.45) is 0. The van der Waals surface area contributed by atoms with E-state index in [9.17, 15) is 14.0 Å². The summed E-state index contributed by atoms with van der Waals surface area (Å²) in [4.78, 5) is 25.6. The number of aromatic nitrogens is 3. The molecule has 0 unspecified atom stereocenters. The molecule has 2 rings (SSSR count). The SMILES string of the molecule is Cc1ccc(NC(=O)CSc2nnc(C)c(=O)[nH]2)c(F)c1. The fraction of sp³-hybridized carbons (Fsp3) is 0.231. The Morgan fingerprint density at radius 3 is 2.81 bits per heavy atom. The first-order valence-corrected chi connectivity index (χ1v) is 7.06. The van der Waals surface area contributed by atoms with E-state index in [1.807, 2.05) is 0 Å². The lowest BCUT2D eigenvalue weighted by Crippen LogP contribution is -2.17. The first kappa shape index (κ1) is 15.2. The predicted octanol–water partition coefficient (Wildman–Crippen LogP) is 1.65. The van der Waals surface area contributed by atoms with Crippen LogP contribution in [-0.4, -0.2) is 26.8 Å². The molecule has 0 saturated heterocycles. The maximum absolute atomic E-state index is 13.6. The topological polar surface area (TPSA) is 87.7 Å². The van der Waals surface area contributed by atoms with Gasteiger partial charge in [-0.1, -0.05) is 17.8 Å². The molecule has 1 aromatic heterocycles. The average Bonchev–Trinajstić information content (AvgIpc) is 2.43. The summed E-state index contributed by atoms with van der Waals surface area (Å²) in [7, 11) is 0. The molecule has 2 N–H and O–H groups in total. The van der Waals surface area contributed by atoms with Crippen LogP contribution in [0.1, 0.15) is 11.3 Å². The third-order valence-corrected chi connectivity index (χ3v) is 3.44. The molecule has 0 bridgehead atoms. The Balaban J connectivity index is 1.95. The van der Waals surface area contributed by atoms with E-state index in [0.29, 0.717) is 0 Å². The van der Waals surface area contributed by atoms with Crippen molar-refractivity contribution < 1.29 is 9.18 Å². The standard InChI is InChI=1S/C13H13FN4O2S/c1-7-3-4-10(9(14)5-7)15-11(19)6-21-13-16-12(20)8(2)17-18-13/h3-5H,6H2,1-2H3,(H,15,19)(H,16,18,20). The van der Waals surface area contributed by atoms with E-state index in [4.69, 9.17) is 0 Å². The minimum atomic E-state index is -0.489. The van der Waals surface area contributed by atoms with E-state index >= 15 is 0 Å². The summed E-state index contributed by atoms with van der Waals surface area (Å²) < 4.78 is 13.6. The van der Waals surface area contributed by atoms with Crippen molar-refractivity contribution in [1.82, 2.24) is 15.2 Å². The zero-order valence-corrected chi connectivity index (χ0v) is 12.3. The van der Waals surface area contributed by atoms with Crippen LogP contribution in [0.15, 0.2) is 28.2 Å². The second-order valence-electron chi connectivity index (χ2n) is 4.36. The molecular weight excluding hydrogens is 295 g/mol. The Hall–Kier alpha value is -2.22. The van der Waals surface area contributed by atoms with Gasteiger partial charge in [-0.05, 0) is 31.5 Å². The van der Waals surface area contributed by atoms with E-state index in [0.717, 1.165) is 17.3 Å². The maximum atomic E-state index is 13.6. The number of hydrogen-bond donors (Lipinski definition) is 2. The number of hydrogen-bond acceptors (Lipinski definition) is 5. The van der Waals surface area contributed by atoms with Gasteiger partial charge in [0, 0.05) is 0 Å². The number of amides is 1. The molecule has 1 aromatic carbocycles. The zero-order chi connectivity index (χ0) is 15.4. The van der Waals surface area contributed by atoms with Crippen LogP contribution in [0.4, 0.5) is 10.1 Å². The van der Waals surface area contributed by atoms with Gasteiger partial charge < -0.3 is 5.32 Å². The number of thioether (sulfide) groups is 1. The summed E-state index contributed by atoms with van der Waals surface area (Å²) in [5.41, 5.74) is 0.796. The van der Waals surface area contributed by atoms with Gasteiger partial charge >= 0.3 is 0 Å². The monoisotopic (exact) mass is 308 g/mol. The lowest BCUT2D eigenvalue weighted by Gasteiger charge is -2.06. The third-order valence-electron chi connectivity index (χ3n) is 2.58. The van der Waals surface area contributed by atoms with Gasteiger partial charge in [-0.2, -0.15) is 0 Å². The van der Waals surface area contributed by atoms with E-state index in [1.54, 1.807) is 13.0 Å². The number of carbonyl (C=O) groups excluding carboxylic acids is 1. The summed E-state index contributed by atoms with van der Waals surface area (Å²) in [5.74, 6) is -0.899. The summed E-state index contributed by atoms with van der Waals surface area (Å²) in [5, 5.41) is 10.1. The van der Waals surface area contributed by atoms with Crippen molar-refractivity contribution in [2.24, 2.45) is 0 Å². The molecule has 8 heteroatoms. The fourth-order valence-electron chi connectivity index (χ4n) is 1.49. The molecule has 0 atom stereocenters. The first-order valence-electron chi connectivity index (χ1n) is 6.08. The summed E-state index contributed by atoms with van der Waals surface area (Å²) in [6, 6.07) is 4.54. The molecular formula is C13H13FN4O2S. The molecule has 1 amide bonds. The number of carbonyl (C=O) groups is 1. The molecule has 1 heterocycles. The van der Waals surface area contributed by atoms with Crippen LogP contribution in [0, 0.1) is 19.7 Å². The van der Waals surface area contributed by atoms with Gasteiger partial charge in [-0.25, -0.2) is 4.39 Å². The van der Waals surface area contributed by atoms with Crippen molar-refractivity contribution >= 4 is 23.4 Å². The van der Waals surface area contributed by atoms with E-state index in [-0.39, 0.29) is 27.8 Å². The predicted molar refractivity (Wildman–Crippen MR) is 77.9 cm³/mol. The molecule has 6 nitrogen and oxygen atoms in total. The van der Waals surface area contributed by atoms with Gasteiger partial charge in [0.25, 0.3) is 5.56 Å². The second-order valence-corrected chi connectivity index (χ2v) is 5.33. The van der Waals surface area contributed by atoms with Crippen LogP contribution >= 0.6 is 11.8 Å². The van der Waals surface area contributed by atoms with E-state index in [1.165, 1.54) is 19.1 Å². The van der Waals surface area contributed by atoms with Gasteiger partial charge in [0.2, 0.25) is 5.91 Å². The number of aryl methyl sites for hydroxylation is 2. The summed E-state index contributed by atoms with van der Waals surface area (Å²) >= 11 is 1.02. The molecule has 0 radical (unpaired) electrons. The fourth-order valence-corrected chi connectivity index (χ4v) is 2.09. The van der Waals surface area contributed by atoms with Gasteiger partial charge in [0.15, 0.2) is 5.16 Å². The Morgan fingerprint density at radius 1 is 1.38 bits per heavy atom. The number of benzene rings is 1. The van der Waals surface area contributed by atoms with Gasteiger partial charge in [-0.15, -0.1) is 10.2 Å². The lowest BCUT2D eigenvalue weighted by molar-refractivity contribution is -0.113. The van der Waals surface area contributed by atoms with Crippen LogP contribution in [0.2, 0.25) is 0 Å². The Bertz CT molecular complexity index is 732. The van der Waals surface area contributed by atoms with Crippen LogP contribution < -0.4 is 10.9 Å². The molecule has 0 saturated carbocycles. The second kappa shape index (κ2) is 6.49. The molecule has 0 aliphatic carbocycles. The molecule has 2 aromatic rings. The number of rotatable bonds is 4. The van der Waals surface area contributed by atoms with Crippen molar-refractivity contribution in [3.05, 3.63) is 45.6 Å². The molecule has 0 spiro atoms. The van der Waals surface area contributed by atoms with Crippen molar-refractivity contribution in [1.29, 1.82) is 0 Å². The number of aromatic amines is 1. The first-order chi connectivity index (χ1) is 9.95. The van der Waals surface area contributed by atoms with Crippen LogP contribution in [-0.2, 0) is 4.79 Å². The highest BCUT2D eigenvalue weighted by Gasteiger charge is 2.09. The molecule has 0 fully saturated rings. The summed E-state index contributed by atoms with van der Waals surface area (Å²) in [6.45, 7) is 3.30. The maximum Gasteiger partial charge on any atom is 0.273 e. The normalized spacial score (nSPS) is 10.4. The smallest absolute Gasteiger partial charge is 0.273 e. The highest BCUT2D eigenvalue weighted by Crippen LogP contribution is 2.16. The highest BCUT2D eigenvalue weighted by atomic mass is 32.2. The number of nitrogens with zero attached hydrogens (tertiary/aromatic N) is 2. The van der Waals surface area contributed by atoms with Crippen LogP contribution in [0.5, 0.6) is 0 Å². The number of anilines is 1. The van der Waals surface area contributed by atoms with Crippen LogP contribution in [0.3, 0.4) is 0 Å². The zero-order valence-electron chi connectivity index (χ0n) is 11.4. The Kier molecular flexibility index (Phi) is 4.69. The van der Waals surface area contributed by atoms with Crippen molar-refractivity contribution in [3.8, 4) is 0 Å². The van der Waals surface area contributed by atoms with Gasteiger partial charge in [-0.3, -0.25) is 14.6 Å². The number of nitrogens with one attached hydrogen (secondary N) is 2.